The number of hydrogen-bond acceptors (Lipinski definition) is 4. The second-order valence-corrected chi connectivity index (χ2v) is 8.30. The lowest BCUT2D eigenvalue weighted by molar-refractivity contribution is -0.134. The molecule has 32 heavy (non-hydrogen) atoms. The molecule has 0 aliphatic carbocycles. The van der Waals surface area contributed by atoms with E-state index in [9.17, 15) is 4.79 Å². The Morgan fingerprint density at radius 2 is 1.94 bits per heavy atom. The molecule has 1 atom stereocenters. The highest BCUT2D eigenvalue weighted by Crippen LogP contribution is 2.27. The van der Waals surface area contributed by atoms with Gasteiger partial charge in [-0.25, -0.2) is 0 Å². The third kappa shape index (κ3) is 5.17. The summed E-state index contributed by atoms with van der Waals surface area (Å²) in [6.45, 7) is 6.00. The van der Waals surface area contributed by atoms with Gasteiger partial charge in [-0.2, -0.15) is 0 Å². The van der Waals surface area contributed by atoms with E-state index in [0.717, 1.165) is 56.0 Å². The summed E-state index contributed by atoms with van der Waals surface area (Å²) in [6, 6.07) is 20.6. The first-order valence-corrected chi connectivity index (χ1v) is 11.3. The van der Waals surface area contributed by atoms with Crippen molar-refractivity contribution < 1.29 is 9.53 Å². The Balaban J connectivity index is 1.58. The molecule has 1 unspecified atom stereocenters. The van der Waals surface area contributed by atoms with Crippen molar-refractivity contribution in [1.82, 2.24) is 14.8 Å². The number of benzene rings is 2. The van der Waals surface area contributed by atoms with Crippen LogP contribution in [0.25, 0.3) is 11.1 Å². The summed E-state index contributed by atoms with van der Waals surface area (Å²) in [5.41, 5.74) is 4.64. The van der Waals surface area contributed by atoms with Crippen LogP contribution in [-0.4, -0.2) is 54.0 Å². The van der Waals surface area contributed by atoms with Crippen LogP contribution in [0.3, 0.4) is 0 Å². The Bertz CT molecular complexity index is 1040. The Labute approximate surface area is 190 Å². The van der Waals surface area contributed by atoms with E-state index in [1.807, 2.05) is 35.4 Å². The summed E-state index contributed by atoms with van der Waals surface area (Å²) in [7, 11) is 1.69. The fourth-order valence-electron chi connectivity index (χ4n) is 4.52. The Morgan fingerprint density at radius 1 is 1.06 bits per heavy atom. The van der Waals surface area contributed by atoms with Crippen molar-refractivity contribution in [2.24, 2.45) is 5.92 Å². The van der Waals surface area contributed by atoms with Gasteiger partial charge >= 0.3 is 0 Å². The number of ether oxygens (including phenoxy) is 1. The smallest absolute Gasteiger partial charge is 0.227 e. The van der Waals surface area contributed by atoms with Crippen LogP contribution in [0.2, 0.25) is 0 Å². The van der Waals surface area contributed by atoms with Crippen LogP contribution in [0.5, 0.6) is 5.75 Å². The molecule has 1 fully saturated rings. The molecule has 2 aromatic carbocycles. The number of rotatable bonds is 7. The second kappa shape index (κ2) is 10.4. The summed E-state index contributed by atoms with van der Waals surface area (Å²) < 4.78 is 5.39. The zero-order valence-electron chi connectivity index (χ0n) is 18.9. The van der Waals surface area contributed by atoms with Crippen molar-refractivity contribution in [1.29, 1.82) is 0 Å². The molecule has 1 aliphatic heterocycles. The first kappa shape index (κ1) is 22.0. The molecule has 1 aliphatic rings. The van der Waals surface area contributed by atoms with Gasteiger partial charge in [-0.15, -0.1) is 0 Å². The van der Waals surface area contributed by atoms with Crippen LogP contribution >= 0.6 is 0 Å². The van der Waals surface area contributed by atoms with Gasteiger partial charge in [0.25, 0.3) is 0 Å². The average Bonchev–Trinajstić information content (AvgIpc) is 2.98. The van der Waals surface area contributed by atoms with Crippen LogP contribution in [0.1, 0.15) is 18.1 Å². The van der Waals surface area contributed by atoms with Gasteiger partial charge in [0.15, 0.2) is 0 Å². The maximum absolute atomic E-state index is 13.4. The maximum atomic E-state index is 13.4. The fraction of sp³-hybridized carbons (Fsp3) is 0.333. The minimum absolute atomic E-state index is 0.0825. The zero-order valence-corrected chi connectivity index (χ0v) is 18.9. The Hall–Kier alpha value is -3.18. The van der Waals surface area contributed by atoms with E-state index in [1.165, 1.54) is 11.1 Å². The normalized spacial score (nSPS) is 17.2. The Kier molecular flexibility index (Phi) is 7.17. The molecule has 0 saturated carbocycles. The number of nitrogens with zero attached hydrogens (tertiary/aromatic N) is 3. The maximum Gasteiger partial charge on any atom is 0.227 e. The van der Waals surface area contributed by atoms with E-state index in [-0.39, 0.29) is 11.8 Å². The molecule has 1 aromatic heterocycles. The SMILES string of the molecule is CCN1CCN(Cc2cccc(OC)c2)CC(Cc2ccccc2-c2cccnc2)C1=O. The van der Waals surface area contributed by atoms with E-state index in [2.05, 4.69) is 53.2 Å². The first-order valence-electron chi connectivity index (χ1n) is 11.3. The van der Waals surface area contributed by atoms with Crippen molar-refractivity contribution in [3.63, 3.8) is 0 Å². The minimum atomic E-state index is -0.0825. The third-order valence-electron chi connectivity index (χ3n) is 6.20. The average molecular weight is 430 g/mol. The molecule has 0 bridgehead atoms. The largest absolute Gasteiger partial charge is 0.497 e. The van der Waals surface area contributed by atoms with Crippen molar-refractivity contribution in [3.8, 4) is 16.9 Å². The molecule has 0 spiro atoms. The molecule has 5 heteroatoms. The molecule has 5 nitrogen and oxygen atoms in total. The summed E-state index contributed by atoms with van der Waals surface area (Å²) in [5.74, 6) is 1.04. The number of pyridine rings is 1. The first-order chi connectivity index (χ1) is 15.7. The van der Waals surface area contributed by atoms with Gasteiger partial charge in [0.1, 0.15) is 5.75 Å². The quantitative estimate of drug-likeness (QED) is 0.562. The van der Waals surface area contributed by atoms with E-state index in [4.69, 9.17) is 4.74 Å². The van der Waals surface area contributed by atoms with Crippen LogP contribution < -0.4 is 4.74 Å². The molecule has 1 saturated heterocycles. The summed E-state index contributed by atoms with van der Waals surface area (Å²) in [6.07, 6.45) is 4.40. The van der Waals surface area contributed by atoms with Gasteiger partial charge in [-0.3, -0.25) is 14.7 Å². The van der Waals surface area contributed by atoms with E-state index in [1.54, 1.807) is 13.3 Å². The number of hydrogen-bond donors (Lipinski definition) is 0. The third-order valence-corrected chi connectivity index (χ3v) is 6.20. The minimum Gasteiger partial charge on any atom is -0.497 e. The summed E-state index contributed by atoms with van der Waals surface area (Å²) in [4.78, 5) is 22.1. The topological polar surface area (TPSA) is 45.7 Å². The molecular formula is C27H31N3O2. The van der Waals surface area contributed by atoms with E-state index < -0.39 is 0 Å². The number of amides is 1. The standard InChI is InChI=1S/C27H31N3O2/c1-3-30-15-14-29(19-21-8-6-11-25(16-21)32-2)20-24(27(30)31)17-22-9-4-5-12-26(22)23-10-7-13-28-18-23/h4-13,16,18,24H,3,14-15,17,19-20H2,1-2H3. The molecular weight excluding hydrogens is 398 g/mol. The van der Waals surface area contributed by atoms with Crippen LogP contribution in [0, 0.1) is 5.92 Å². The molecule has 0 radical (unpaired) electrons. The molecule has 2 heterocycles. The highest BCUT2D eigenvalue weighted by Gasteiger charge is 2.30. The van der Waals surface area contributed by atoms with Crippen molar-refractivity contribution in [3.05, 3.63) is 84.2 Å². The molecule has 166 valence electrons. The van der Waals surface area contributed by atoms with Gasteiger partial charge in [0.2, 0.25) is 5.91 Å². The Morgan fingerprint density at radius 3 is 2.72 bits per heavy atom. The van der Waals surface area contributed by atoms with Gasteiger partial charge < -0.3 is 9.64 Å². The van der Waals surface area contributed by atoms with Gasteiger partial charge in [-0.1, -0.05) is 42.5 Å². The summed E-state index contributed by atoms with van der Waals surface area (Å²) in [5, 5.41) is 0. The highest BCUT2D eigenvalue weighted by molar-refractivity contribution is 5.80. The van der Waals surface area contributed by atoms with Crippen LogP contribution in [-0.2, 0) is 17.8 Å². The highest BCUT2D eigenvalue weighted by atomic mass is 16.5. The summed E-state index contributed by atoms with van der Waals surface area (Å²) >= 11 is 0. The van der Waals surface area contributed by atoms with Crippen molar-refractivity contribution in [2.45, 2.75) is 19.9 Å². The predicted octanol–water partition coefficient (Wildman–Crippen LogP) is 4.28. The monoisotopic (exact) mass is 429 g/mol. The number of carbonyl (C=O) groups excluding carboxylic acids is 1. The lowest BCUT2D eigenvalue weighted by atomic mass is 9.91. The number of aromatic nitrogens is 1. The lowest BCUT2D eigenvalue weighted by Crippen LogP contribution is -2.37. The lowest BCUT2D eigenvalue weighted by Gasteiger charge is -2.24. The van der Waals surface area contributed by atoms with Crippen LogP contribution in [0.15, 0.2) is 73.1 Å². The molecule has 0 N–H and O–H groups in total. The van der Waals surface area contributed by atoms with Crippen molar-refractivity contribution >= 4 is 5.91 Å². The number of carbonyl (C=O) groups is 1. The second-order valence-electron chi connectivity index (χ2n) is 8.30. The van der Waals surface area contributed by atoms with Gasteiger partial charge in [0, 0.05) is 50.7 Å². The van der Waals surface area contributed by atoms with Gasteiger partial charge in [0.05, 0.1) is 13.0 Å². The molecule has 1 amide bonds. The molecule has 4 rings (SSSR count). The predicted molar refractivity (Wildman–Crippen MR) is 127 cm³/mol. The van der Waals surface area contributed by atoms with Crippen LogP contribution in [0.4, 0.5) is 0 Å². The van der Waals surface area contributed by atoms with Crippen molar-refractivity contribution in [2.75, 3.05) is 33.3 Å². The fourth-order valence-corrected chi connectivity index (χ4v) is 4.52. The van der Waals surface area contributed by atoms with Gasteiger partial charge in [-0.05, 0) is 48.2 Å². The number of likely N-dealkylation sites (N-methyl/N-ethyl adjacent to an activating group) is 1. The number of methoxy groups -OCH3 is 1. The van der Waals surface area contributed by atoms with E-state index in [0.29, 0.717) is 0 Å². The zero-order chi connectivity index (χ0) is 22.3. The van der Waals surface area contributed by atoms with E-state index >= 15 is 0 Å². The molecule has 3 aromatic rings.